The van der Waals surface area contributed by atoms with Crippen LogP contribution in [-0.4, -0.2) is 68.4 Å². The molecule has 1 saturated heterocycles. The van der Waals surface area contributed by atoms with Gasteiger partial charge in [-0.15, -0.1) is 0 Å². The molecule has 1 fully saturated rings. The number of nitrogens with one attached hydrogen (secondary N) is 1. The monoisotopic (exact) mass is 270 g/mol. The molecule has 3 N–H and O–H groups in total. The lowest BCUT2D eigenvalue weighted by atomic mass is 10.1. The van der Waals surface area contributed by atoms with E-state index in [9.17, 15) is 9.59 Å². The van der Waals surface area contributed by atoms with Crippen molar-refractivity contribution in [3.8, 4) is 0 Å². The van der Waals surface area contributed by atoms with Crippen LogP contribution in [0.4, 0.5) is 0 Å². The molecule has 110 valence electrons. The van der Waals surface area contributed by atoms with Crippen molar-refractivity contribution < 1.29 is 9.59 Å². The number of amides is 2. The van der Waals surface area contributed by atoms with Crippen molar-refractivity contribution in [1.82, 2.24) is 15.1 Å². The Balaban J connectivity index is 2.28. The molecule has 1 atom stereocenters. The van der Waals surface area contributed by atoms with Gasteiger partial charge in [-0.1, -0.05) is 0 Å². The van der Waals surface area contributed by atoms with E-state index in [-0.39, 0.29) is 17.7 Å². The third-order valence-electron chi connectivity index (χ3n) is 3.33. The lowest BCUT2D eigenvalue weighted by molar-refractivity contribution is -0.129. The number of carbonyl (C=O) groups excluding carboxylic acids is 2. The molecule has 19 heavy (non-hydrogen) atoms. The Kier molecular flexibility index (Phi) is 6.80. The van der Waals surface area contributed by atoms with Gasteiger partial charge < -0.3 is 20.9 Å². The summed E-state index contributed by atoms with van der Waals surface area (Å²) in [7, 11) is 3.95. The zero-order chi connectivity index (χ0) is 14.3. The van der Waals surface area contributed by atoms with Crippen molar-refractivity contribution in [1.29, 1.82) is 0 Å². The van der Waals surface area contributed by atoms with Gasteiger partial charge in [0.1, 0.15) is 0 Å². The summed E-state index contributed by atoms with van der Waals surface area (Å²) in [4.78, 5) is 27.5. The number of nitrogens with two attached hydrogens (primary N) is 1. The van der Waals surface area contributed by atoms with Gasteiger partial charge in [-0.05, 0) is 33.5 Å². The van der Waals surface area contributed by atoms with E-state index in [1.54, 1.807) is 4.90 Å². The van der Waals surface area contributed by atoms with E-state index in [4.69, 9.17) is 5.73 Å². The normalized spacial score (nSPS) is 19.3. The van der Waals surface area contributed by atoms with Crippen molar-refractivity contribution in [2.75, 3.05) is 46.8 Å². The Hall–Kier alpha value is -1.14. The Morgan fingerprint density at radius 1 is 1.47 bits per heavy atom. The molecule has 0 spiro atoms. The minimum absolute atomic E-state index is 0.00211. The van der Waals surface area contributed by atoms with Gasteiger partial charge in [0.05, 0.1) is 5.92 Å². The van der Waals surface area contributed by atoms with Crippen LogP contribution >= 0.6 is 0 Å². The summed E-state index contributed by atoms with van der Waals surface area (Å²) in [5.41, 5.74) is 5.39. The van der Waals surface area contributed by atoms with E-state index in [2.05, 4.69) is 5.32 Å². The summed E-state index contributed by atoms with van der Waals surface area (Å²) in [6.07, 6.45) is 2.15. The fraction of sp³-hybridized carbons (Fsp3) is 0.846. The second kappa shape index (κ2) is 8.12. The molecule has 0 bridgehead atoms. The van der Waals surface area contributed by atoms with Crippen LogP contribution in [-0.2, 0) is 9.59 Å². The van der Waals surface area contributed by atoms with E-state index in [1.807, 2.05) is 19.0 Å². The average Bonchev–Trinajstić information content (AvgIpc) is 2.73. The van der Waals surface area contributed by atoms with Crippen molar-refractivity contribution in [2.24, 2.45) is 11.7 Å². The zero-order valence-electron chi connectivity index (χ0n) is 12.0. The molecule has 0 radical (unpaired) electrons. The highest BCUT2D eigenvalue weighted by Crippen LogP contribution is 2.17. The highest BCUT2D eigenvalue weighted by molar-refractivity contribution is 5.89. The maximum Gasteiger partial charge on any atom is 0.225 e. The van der Waals surface area contributed by atoms with Crippen molar-refractivity contribution in [3.63, 3.8) is 0 Å². The topological polar surface area (TPSA) is 78.7 Å². The smallest absolute Gasteiger partial charge is 0.225 e. The summed E-state index contributed by atoms with van der Waals surface area (Å²) < 4.78 is 0. The molecule has 0 saturated carbocycles. The number of likely N-dealkylation sites (tertiary alicyclic amines) is 1. The molecule has 1 unspecified atom stereocenters. The molecule has 6 heteroatoms. The van der Waals surface area contributed by atoms with E-state index in [0.29, 0.717) is 32.6 Å². The fourth-order valence-electron chi connectivity index (χ4n) is 2.11. The fourth-order valence-corrected chi connectivity index (χ4v) is 2.11. The standard InChI is InChI=1S/C13H26N4O2/c1-16(2)7-8-17-10-11(9-12(17)18)13(19)15-6-4-3-5-14/h11H,3-10,14H2,1-2H3,(H,15,19). The first-order valence-corrected chi connectivity index (χ1v) is 6.95. The summed E-state index contributed by atoms with van der Waals surface area (Å²) >= 11 is 0. The molecule has 0 aromatic rings. The molecule has 0 aromatic heterocycles. The molecule has 6 nitrogen and oxygen atoms in total. The molecule has 2 amide bonds. The van der Waals surface area contributed by atoms with Gasteiger partial charge in [0, 0.05) is 32.6 Å². The number of unbranched alkanes of at least 4 members (excludes halogenated alkanes) is 1. The number of hydrogen-bond donors (Lipinski definition) is 2. The first kappa shape index (κ1) is 15.9. The second-order valence-corrected chi connectivity index (χ2v) is 5.33. The number of carbonyl (C=O) groups is 2. The van der Waals surface area contributed by atoms with E-state index >= 15 is 0 Å². The van der Waals surface area contributed by atoms with Crippen LogP contribution in [0.1, 0.15) is 19.3 Å². The van der Waals surface area contributed by atoms with E-state index in [1.165, 1.54) is 0 Å². The first-order valence-electron chi connectivity index (χ1n) is 6.95. The van der Waals surface area contributed by atoms with Crippen LogP contribution in [0.5, 0.6) is 0 Å². The highest BCUT2D eigenvalue weighted by atomic mass is 16.2. The third-order valence-corrected chi connectivity index (χ3v) is 3.33. The van der Waals surface area contributed by atoms with Crippen molar-refractivity contribution in [3.05, 3.63) is 0 Å². The van der Waals surface area contributed by atoms with Gasteiger partial charge in [-0.25, -0.2) is 0 Å². The summed E-state index contributed by atoms with van der Waals surface area (Å²) in [6.45, 7) is 3.38. The minimum Gasteiger partial charge on any atom is -0.356 e. The summed E-state index contributed by atoms with van der Waals surface area (Å²) in [5, 5.41) is 2.88. The Labute approximate surface area is 115 Å². The maximum absolute atomic E-state index is 11.9. The van der Waals surface area contributed by atoms with Crippen LogP contribution in [0.3, 0.4) is 0 Å². The summed E-state index contributed by atoms with van der Waals surface area (Å²) in [6, 6.07) is 0. The molecular weight excluding hydrogens is 244 g/mol. The van der Waals surface area contributed by atoms with Gasteiger partial charge in [0.15, 0.2) is 0 Å². The largest absolute Gasteiger partial charge is 0.356 e. The average molecular weight is 270 g/mol. The lowest BCUT2D eigenvalue weighted by Crippen LogP contribution is -2.35. The molecule has 0 aliphatic carbocycles. The molecule has 0 aromatic carbocycles. The van der Waals surface area contributed by atoms with Crippen LogP contribution in [0.2, 0.25) is 0 Å². The number of rotatable bonds is 8. The number of nitrogens with zero attached hydrogens (tertiary/aromatic N) is 2. The predicted molar refractivity (Wildman–Crippen MR) is 74.5 cm³/mol. The zero-order valence-corrected chi connectivity index (χ0v) is 12.0. The van der Waals surface area contributed by atoms with Gasteiger partial charge in [-0.3, -0.25) is 9.59 Å². The van der Waals surface area contributed by atoms with Crippen LogP contribution < -0.4 is 11.1 Å². The Morgan fingerprint density at radius 3 is 2.84 bits per heavy atom. The van der Waals surface area contributed by atoms with E-state index in [0.717, 1.165) is 19.4 Å². The first-order chi connectivity index (χ1) is 9.04. The minimum atomic E-state index is -0.187. The third kappa shape index (κ3) is 5.57. The second-order valence-electron chi connectivity index (χ2n) is 5.33. The van der Waals surface area contributed by atoms with E-state index < -0.39 is 0 Å². The van der Waals surface area contributed by atoms with Gasteiger partial charge in [0.2, 0.25) is 11.8 Å². The molecule has 1 aliphatic rings. The molecule has 1 rings (SSSR count). The van der Waals surface area contributed by atoms with Crippen LogP contribution in [0.15, 0.2) is 0 Å². The SMILES string of the molecule is CN(C)CCN1CC(C(=O)NCCCCN)CC1=O. The Morgan fingerprint density at radius 2 is 2.21 bits per heavy atom. The molecule has 1 heterocycles. The summed E-state index contributed by atoms with van der Waals surface area (Å²) in [5.74, 6) is -0.103. The van der Waals surface area contributed by atoms with Crippen LogP contribution in [0, 0.1) is 5.92 Å². The number of likely N-dealkylation sites (N-methyl/N-ethyl adjacent to an activating group) is 1. The molecule has 1 aliphatic heterocycles. The quantitative estimate of drug-likeness (QED) is 0.569. The maximum atomic E-state index is 11.9. The molecular formula is C13H26N4O2. The van der Waals surface area contributed by atoms with Crippen molar-refractivity contribution >= 4 is 11.8 Å². The Bertz CT molecular complexity index is 307. The van der Waals surface area contributed by atoms with Gasteiger partial charge in [-0.2, -0.15) is 0 Å². The van der Waals surface area contributed by atoms with Crippen molar-refractivity contribution in [2.45, 2.75) is 19.3 Å². The lowest BCUT2D eigenvalue weighted by Gasteiger charge is -2.19. The van der Waals surface area contributed by atoms with Gasteiger partial charge in [0.25, 0.3) is 0 Å². The predicted octanol–water partition coefficient (Wildman–Crippen LogP) is -0.748. The van der Waals surface area contributed by atoms with Gasteiger partial charge >= 0.3 is 0 Å². The highest BCUT2D eigenvalue weighted by Gasteiger charge is 2.33. The number of hydrogen-bond acceptors (Lipinski definition) is 4. The van der Waals surface area contributed by atoms with Crippen LogP contribution in [0.25, 0.3) is 0 Å².